The van der Waals surface area contributed by atoms with Crippen molar-refractivity contribution in [2.45, 2.75) is 18.4 Å². The lowest BCUT2D eigenvalue weighted by atomic mass is 10.0. The predicted molar refractivity (Wildman–Crippen MR) is 55.1 cm³/mol. The van der Waals surface area contributed by atoms with E-state index < -0.39 is 0 Å². The minimum absolute atomic E-state index is 0.326. The number of benzene rings is 1. The number of H-pyrrole nitrogens is 1. The summed E-state index contributed by atoms with van der Waals surface area (Å²) in [5.74, 6) is 0. The van der Waals surface area contributed by atoms with Gasteiger partial charge in [-0.15, -0.1) is 0 Å². The number of isocyanates is 1. The average Bonchev–Trinajstić information content (AvgIpc) is 2.88. The molecule has 1 aromatic carbocycles. The number of aromatic amines is 1. The van der Waals surface area contributed by atoms with E-state index in [-0.39, 0.29) is 5.54 Å². The SMILES string of the molecule is O=C=NC1(c2cccc3cn[nH]c23)CC1. The smallest absolute Gasteiger partial charge is 0.235 e. The molecule has 1 aromatic heterocycles. The zero-order chi connectivity index (χ0) is 10.3. The van der Waals surface area contributed by atoms with Crippen LogP contribution in [0.2, 0.25) is 0 Å². The van der Waals surface area contributed by atoms with Crippen LogP contribution in [-0.4, -0.2) is 16.3 Å². The number of rotatable bonds is 2. The van der Waals surface area contributed by atoms with Crippen molar-refractivity contribution in [1.29, 1.82) is 0 Å². The van der Waals surface area contributed by atoms with E-state index in [0.717, 1.165) is 29.3 Å². The summed E-state index contributed by atoms with van der Waals surface area (Å²) in [5, 5.41) is 8.01. The molecule has 0 spiro atoms. The average molecular weight is 199 g/mol. The summed E-state index contributed by atoms with van der Waals surface area (Å²) >= 11 is 0. The van der Waals surface area contributed by atoms with Gasteiger partial charge in [0.2, 0.25) is 6.08 Å². The predicted octanol–water partition coefficient (Wildman–Crippen LogP) is 1.89. The van der Waals surface area contributed by atoms with E-state index in [9.17, 15) is 4.79 Å². The van der Waals surface area contributed by atoms with E-state index >= 15 is 0 Å². The van der Waals surface area contributed by atoms with Gasteiger partial charge in [-0.05, 0) is 12.8 Å². The van der Waals surface area contributed by atoms with Crippen LogP contribution < -0.4 is 0 Å². The summed E-state index contributed by atoms with van der Waals surface area (Å²) in [5.41, 5.74) is 1.71. The molecule has 0 saturated heterocycles. The van der Waals surface area contributed by atoms with Gasteiger partial charge in [0, 0.05) is 10.9 Å². The third kappa shape index (κ3) is 1.12. The first-order valence-corrected chi connectivity index (χ1v) is 4.87. The maximum absolute atomic E-state index is 10.4. The van der Waals surface area contributed by atoms with Gasteiger partial charge in [0.1, 0.15) is 5.54 Å². The molecule has 0 aliphatic heterocycles. The molecule has 0 amide bonds. The number of carbonyl (C=O) groups excluding carboxylic acids is 1. The summed E-state index contributed by atoms with van der Waals surface area (Å²) < 4.78 is 0. The van der Waals surface area contributed by atoms with E-state index in [0.29, 0.717) is 0 Å². The lowest BCUT2D eigenvalue weighted by molar-refractivity contribution is 0.556. The van der Waals surface area contributed by atoms with Crippen LogP contribution >= 0.6 is 0 Å². The third-order valence-electron chi connectivity index (χ3n) is 2.96. The molecule has 74 valence electrons. The Labute approximate surface area is 86.0 Å². The maximum atomic E-state index is 10.4. The Morgan fingerprint density at radius 1 is 1.47 bits per heavy atom. The highest BCUT2D eigenvalue weighted by Gasteiger charge is 2.46. The fourth-order valence-electron chi connectivity index (χ4n) is 2.00. The summed E-state index contributed by atoms with van der Waals surface area (Å²) in [4.78, 5) is 14.3. The third-order valence-corrected chi connectivity index (χ3v) is 2.96. The molecule has 0 radical (unpaired) electrons. The van der Waals surface area contributed by atoms with Crippen LogP contribution in [0.25, 0.3) is 10.9 Å². The Bertz CT molecular complexity index is 562. The first-order chi connectivity index (χ1) is 7.36. The molecule has 1 aliphatic carbocycles. The van der Waals surface area contributed by atoms with Gasteiger partial charge < -0.3 is 0 Å². The standard InChI is InChI=1S/C11H9N3O/c15-7-12-11(4-5-11)9-3-1-2-8-6-13-14-10(8)9/h1-3,6H,4-5H2,(H,13,14). The molecule has 2 aromatic rings. The fourth-order valence-corrected chi connectivity index (χ4v) is 2.00. The quantitative estimate of drug-likeness (QED) is 0.593. The van der Waals surface area contributed by atoms with Crippen molar-refractivity contribution >= 4 is 17.0 Å². The summed E-state index contributed by atoms with van der Waals surface area (Å²) in [6, 6.07) is 5.95. The number of hydrogen-bond acceptors (Lipinski definition) is 3. The Morgan fingerprint density at radius 3 is 3.07 bits per heavy atom. The molecule has 15 heavy (non-hydrogen) atoms. The maximum Gasteiger partial charge on any atom is 0.235 e. The molecule has 4 heteroatoms. The molecule has 3 rings (SSSR count). The van der Waals surface area contributed by atoms with Crippen LogP contribution in [0.3, 0.4) is 0 Å². The Kier molecular flexibility index (Phi) is 1.55. The number of para-hydroxylation sites is 1. The molecular weight excluding hydrogens is 190 g/mol. The molecule has 1 saturated carbocycles. The first-order valence-electron chi connectivity index (χ1n) is 4.87. The minimum atomic E-state index is -0.326. The van der Waals surface area contributed by atoms with Crippen LogP contribution in [0, 0.1) is 0 Å². The zero-order valence-corrected chi connectivity index (χ0v) is 8.03. The number of aliphatic imine (C=N–C) groups is 1. The van der Waals surface area contributed by atoms with Crippen molar-refractivity contribution in [2.24, 2.45) is 4.99 Å². The lowest BCUT2D eigenvalue weighted by Gasteiger charge is -2.08. The zero-order valence-electron chi connectivity index (χ0n) is 8.03. The highest BCUT2D eigenvalue weighted by Crippen LogP contribution is 2.50. The van der Waals surface area contributed by atoms with Gasteiger partial charge >= 0.3 is 0 Å². The Morgan fingerprint density at radius 2 is 2.33 bits per heavy atom. The second kappa shape index (κ2) is 2.78. The monoisotopic (exact) mass is 199 g/mol. The molecule has 1 heterocycles. The fraction of sp³-hybridized carbons (Fsp3) is 0.273. The van der Waals surface area contributed by atoms with Crippen molar-refractivity contribution < 1.29 is 4.79 Å². The molecule has 0 bridgehead atoms. The summed E-state index contributed by atoms with van der Waals surface area (Å²) in [7, 11) is 0. The van der Waals surface area contributed by atoms with Crippen molar-refractivity contribution in [1.82, 2.24) is 10.2 Å². The van der Waals surface area contributed by atoms with E-state index in [1.165, 1.54) is 0 Å². The minimum Gasteiger partial charge on any atom is -0.277 e. The largest absolute Gasteiger partial charge is 0.277 e. The van der Waals surface area contributed by atoms with Crippen LogP contribution in [0.4, 0.5) is 0 Å². The highest BCUT2D eigenvalue weighted by atomic mass is 16.1. The van der Waals surface area contributed by atoms with E-state index in [4.69, 9.17) is 0 Å². The van der Waals surface area contributed by atoms with Gasteiger partial charge in [0.15, 0.2) is 0 Å². The highest BCUT2D eigenvalue weighted by molar-refractivity contribution is 5.82. The number of hydrogen-bond donors (Lipinski definition) is 1. The van der Waals surface area contributed by atoms with Gasteiger partial charge in [-0.2, -0.15) is 10.1 Å². The molecule has 1 aliphatic rings. The van der Waals surface area contributed by atoms with Gasteiger partial charge in [0.25, 0.3) is 0 Å². The molecular formula is C11H9N3O. The number of fused-ring (bicyclic) bond motifs is 1. The van der Waals surface area contributed by atoms with Crippen LogP contribution in [0.5, 0.6) is 0 Å². The second-order valence-electron chi connectivity index (χ2n) is 3.87. The number of nitrogens with zero attached hydrogens (tertiary/aromatic N) is 2. The van der Waals surface area contributed by atoms with Gasteiger partial charge in [-0.25, -0.2) is 4.79 Å². The Balaban J connectivity index is 2.26. The first kappa shape index (κ1) is 8.38. The van der Waals surface area contributed by atoms with E-state index in [1.807, 2.05) is 18.2 Å². The normalized spacial score (nSPS) is 17.3. The lowest BCUT2D eigenvalue weighted by Crippen LogP contribution is -2.02. The van der Waals surface area contributed by atoms with Gasteiger partial charge in [0.05, 0.1) is 11.7 Å². The van der Waals surface area contributed by atoms with Gasteiger partial charge in [-0.3, -0.25) is 5.10 Å². The molecule has 0 unspecified atom stereocenters. The van der Waals surface area contributed by atoms with Crippen molar-refractivity contribution in [3.8, 4) is 0 Å². The van der Waals surface area contributed by atoms with Crippen molar-refractivity contribution in [3.63, 3.8) is 0 Å². The van der Waals surface area contributed by atoms with Crippen LogP contribution in [0.1, 0.15) is 18.4 Å². The summed E-state index contributed by atoms with van der Waals surface area (Å²) in [6.45, 7) is 0. The molecule has 0 atom stereocenters. The molecule has 1 fully saturated rings. The van der Waals surface area contributed by atoms with Gasteiger partial charge in [-0.1, -0.05) is 18.2 Å². The van der Waals surface area contributed by atoms with E-state index in [1.54, 1.807) is 12.3 Å². The molecule has 1 N–H and O–H groups in total. The van der Waals surface area contributed by atoms with Crippen molar-refractivity contribution in [3.05, 3.63) is 30.0 Å². The van der Waals surface area contributed by atoms with Crippen molar-refractivity contribution in [2.75, 3.05) is 0 Å². The summed E-state index contributed by atoms with van der Waals surface area (Å²) in [6.07, 6.45) is 5.28. The van der Waals surface area contributed by atoms with E-state index in [2.05, 4.69) is 15.2 Å². The topological polar surface area (TPSA) is 58.1 Å². The number of aromatic nitrogens is 2. The molecule has 4 nitrogen and oxygen atoms in total. The van der Waals surface area contributed by atoms with Crippen LogP contribution in [0.15, 0.2) is 29.4 Å². The van der Waals surface area contributed by atoms with Crippen LogP contribution in [-0.2, 0) is 10.3 Å². The Hall–Kier alpha value is -1.93. The second-order valence-corrected chi connectivity index (χ2v) is 3.87. The number of nitrogens with one attached hydrogen (secondary N) is 1.